The molecule has 2 heterocycles. The Kier molecular flexibility index (Phi) is 12.2. The van der Waals surface area contributed by atoms with Crippen molar-refractivity contribution in [2.24, 2.45) is 17.3 Å². The van der Waals surface area contributed by atoms with Gasteiger partial charge in [-0.1, -0.05) is 63.9 Å². The lowest BCUT2D eigenvalue weighted by Crippen LogP contribution is -2.44. The SMILES string of the molecule is CCn1c(-c2cccnc2C(C)OC)c(CC(C)(C)COC(C)=O)c2cc(-c3cccc(CC(NC(=O)C(C)C4CCCC4)C(C)=O)c3)ccc21. The number of Topliss-reactive ketones (excluding diaryl/α,β-unsaturated/α-hetero) is 1. The zero-order chi connectivity index (χ0) is 36.9. The highest BCUT2D eigenvalue weighted by molar-refractivity contribution is 5.95. The number of pyridine rings is 1. The number of nitrogens with one attached hydrogen (secondary N) is 1. The van der Waals surface area contributed by atoms with Gasteiger partial charge in [0.1, 0.15) is 0 Å². The van der Waals surface area contributed by atoms with Gasteiger partial charge < -0.3 is 19.4 Å². The van der Waals surface area contributed by atoms with E-state index in [4.69, 9.17) is 14.5 Å². The largest absolute Gasteiger partial charge is 0.465 e. The first-order valence-corrected chi connectivity index (χ1v) is 18.5. The molecule has 2 aromatic heterocycles. The molecule has 3 atom stereocenters. The predicted molar refractivity (Wildman–Crippen MR) is 203 cm³/mol. The zero-order valence-electron chi connectivity index (χ0n) is 31.7. The Morgan fingerprint density at radius 2 is 1.73 bits per heavy atom. The molecule has 8 heteroatoms. The summed E-state index contributed by atoms with van der Waals surface area (Å²) in [5.41, 5.74) is 7.99. The van der Waals surface area contributed by atoms with Crippen molar-refractivity contribution in [3.05, 3.63) is 77.6 Å². The number of fused-ring (bicyclic) bond motifs is 1. The molecule has 4 aromatic rings. The number of hydrogen-bond donors (Lipinski definition) is 1. The van der Waals surface area contributed by atoms with E-state index in [9.17, 15) is 14.4 Å². The van der Waals surface area contributed by atoms with Gasteiger partial charge in [0.2, 0.25) is 5.91 Å². The van der Waals surface area contributed by atoms with Crippen molar-refractivity contribution in [3.8, 4) is 22.4 Å². The third-order valence-corrected chi connectivity index (χ3v) is 10.7. The molecule has 1 aliphatic carbocycles. The highest BCUT2D eigenvalue weighted by Gasteiger charge is 2.30. The summed E-state index contributed by atoms with van der Waals surface area (Å²) in [5.74, 6) is -0.0630. The number of carbonyl (C=O) groups excluding carboxylic acids is 3. The van der Waals surface area contributed by atoms with E-state index in [2.05, 4.69) is 67.1 Å². The summed E-state index contributed by atoms with van der Waals surface area (Å²) in [4.78, 5) is 42.6. The number of methoxy groups -OCH3 is 1. The molecule has 8 nitrogen and oxygen atoms in total. The fourth-order valence-corrected chi connectivity index (χ4v) is 7.68. The first kappa shape index (κ1) is 37.9. The lowest BCUT2D eigenvalue weighted by Gasteiger charge is -2.25. The van der Waals surface area contributed by atoms with E-state index in [1.54, 1.807) is 20.2 Å². The molecule has 1 aliphatic rings. The molecule has 3 unspecified atom stereocenters. The van der Waals surface area contributed by atoms with Crippen LogP contribution in [-0.4, -0.2) is 47.0 Å². The van der Waals surface area contributed by atoms with E-state index in [0.717, 1.165) is 69.5 Å². The van der Waals surface area contributed by atoms with Crippen LogP contribution in [0.5, 0.6) is 0 Å². The maximum absolute atomic E-state index is 13.2. The van der Waals surface area contributed by atoms with E-state index in [-0.39, 0.29) is 35.1 Å². The summed E-state index contributed by atoms with van der Waals surface area (Å²) < 4.78 is 13.7. The molecule has 0 bridgehead atoms. The molecule has 0 radical (unpaired) electrons. The van der Waals surface area contributed by atoms with Crippen LogP contribution in [0.2, 0.25) is 0 Å². The first-order valence-electron chi connectivity index (χ1n) is 18.5. The smallest absolute Gasteiger partial charge is 0.302 e. The molecule has 0 spiro atoms. The molecule has 2 aromatic carbocycles. The van der Waals surface area contributed by atoms with Gasteiger partial charge in [0.15, 0.2) is 5.78 Å². The summed E-state index contributed by atoms with van der Waals surface area (Å²) in [6.45, 7) is 14.5. The van der Waals surface area contributed by atoms with Crippen LogP contribution in [0.15, 0.2) is 60.8 Å². The van der Waals surface area contributed by atoms with E-state index in [1.807, 2.05) is 32.0 Å². The van der Waals surface area contributed by atoms with Gasteiger partial charge in [0, 0.05) is 54.6 Å². The molecule has 1 N–H and O–H groups in total. The Morgan fingerprint density at radius 3 is 2.39 bits per heavy atom. The molecule has 1 saturated carbocycles. The lowest BCUT2D eigenvalue weighted by atomic mass is 9.84. The molecule has 1 fully saturated rings. The number of carbonyl (C=O) groups is 3. The van der Waals surface area contributed by atoms with Gasteiger partial charge in [-0.25, -0.2) is 0 Å². The van der Waals surface area contributed by atoms with Crippen LogP contribution in [0.3, 0.4) is 0 Å². The summed E-state index contributed by atoms with van der Waals surface area (Å²) in [6.07, 6.45) is 7.20. The van der Waals surface area contributed by atoms with Crippen LogP contribution in [0.1, 0.15) is 97.1 Å². The van der Waals surface area contributed by atoms with Gasteiger partial charge in [0.05, 0.1) is 30.1 Å². The Morgan fingerprint density at radius 1 is 1.00 bits per heavy atom. The fraction of sp³-hybridized carbons (Fsp3) is 0.488. The maximum Gasteiger partial charge on any atom is 0.302 e. The van der Waals surface area contributed by atoms with Crippen molar-refractivity contribution in [3.63, 3.8) is 0 Å². The van der Waals surface area contributed by atoms with Crippen molar-refractivity contribution in [1.82, 2.24) is 14.9 Å². The molecule has 1 amide bonds. The summed E-state index contributed by atoms with van der Waals surface area (Å²) in [5, 5.41) is 4.21. The van der Waals surface area contributed by atoms with Gasteiger partial charge in [-0.15, -0.1) is 0 Å². The Labute approximate surface area is 303 Å². The number of amides is 1. The summed E-state index contributed by atoms with van der Waals surface area (Å²) in [7, 11) is 1.70. The molecular formula is C43H55N3O5. The van der Waals surface area contributed by atoms with Crippen molar-refractivity contribution in [2.75, 3.05) is 13.7 Å². The minimum absolute atomic E-state index is 0.0271. The second-order valence-electron chi connectivity index (χ2n) is 15.1. The number of esters is 1. The quantitative estimate of drug-likeness (QED) is 0.125. The maximum atomic E-state index is 13.2. The Hall–Kier alpha value is -4.30. The predicted octanol–water partition coefficient (Wildman–Crippen LogP) is 8.67. The van der Waals surface area contributed by atoms with Crippen LogP contribution in [-0.2, 0) is 43.2 Å². The van der Waals surface area contributed by atoms with Crippen LogP contribution in [0.4, 0.5) is 0 Å². The number of ether oxygens (including phenoxy) is 2. The van der Waals surface area contributed by atoms with Crippen LogP contribution >= 0.6 is 0 Å². The molecule has 0 saturated heterocycles. The summed E-state index contributed by atoms with van der Waals surface area (Å²) in [6, 6.07) is 18.4. The van der Waals surface area contributed by atoms with Crippen molar-refractivity contribution >= 4 is 28.6 Å². The summed E-state index contributed by atoms with van der Waals surface area (Å²) >= 11 is 0. The number of rotatable bonds is 15. The normalized spacial score (nSPS) is 15.5. The van der Waals surface area contributed by atoms with Crippen LogP contribution < -0.4 is 5.32 Å². The molecule has 51 heavy (non-hydrogen) atoms. The number of aromatic nitrogens is 2. The van der Waals surface area contributed by atoms with Gasteiger partial charge in [-0.2, -0.15) is 0 Å². The van der Waals surface area contributed by atoms with Crippen LogP contribution in [0, 0.1) is 17.3 Å². The van der Waals surface area contributed by atoms with E-state index >= 15 is 0 Å². The van der Waals surface area contributed by atoms with E-state index in [1.165, 1.54) is 19.8 Å². The monoisotopic (exact) mass is 693 g/mol. The first-order chi connectivity index (χ1) is 24.3. The Balaban J connectivity index is 1.56. The van der Waals surface area contributed by atoms with Gasteiger partial charge in [-0.05, 0) is 98.9 Å². The van der Waals surface area contributed by atoms with Crippen molar-refractivity contribution in [1.29, 1.82) is 0 Å². The van der Waals surface area contributed by atoms with Crippen molar-refractivity contribution < 1.29 is 23.9 Å². The van der Waals surface area contributed by atoms with Gasteiger partial charge >= 0.3 is 5.97 Å². The van der Waals surface area contributed by atoms with E-state index < -0.39 is 6.04 Å². The second-order valence-corrected chi connectivity index (χ2v) is 15.1. The Bertz CT molecular complexity index is 1870. The fourth-order valence-electron chi connectivity index (χ4n) is 7.68. The average molecular weight is 694 g/mol. The average Bonchev–Trinajstić information content (AvgIpc) is 3.76. The third kappa shape index (κ3) is 8.78. The number of aryl methyl sites for hydroxylation is 1. The number of ketones is 1. The number of benzene rings is 2. The standard InChI is InChI=1S/C43H55N3O5/c1-9-46-39-20-19-34(33-17-12-14-31(22-33)23-38(28(3)47)45-42(49)27(2)32-15-10-11-16-32)24-36(39)37(25-43(6,7)26-51-30(5)48)41(46)35-18-13-21-44-40(35)29(4)50-8/h12-14,17-22,24,27,29,32,38H,9-11,15-16,23,25-26H2,1-8H3,(H,45,49). The molecule has 0 aliphatic heterocycles. The molecule has 272 valence electrons. The number of hydrogen-bond acceptors (Lipinski definition) is 6. The zero-order valence-corrected chi connectivity index (χ0v) is 31.7. The van der Waals surface area contributed by atoms with Crippen LogP contribution in [0.25, 0.3) is 33.3 Å². The van der Waals surface area contributed by atoms with Gasteiger partial charge in [-0.3, -0.25) is 19.4 Å². The topological polar surface area (TPSA) is 99.5 Å². The minimum atomic E-state index is -0.575. The lowest BCUT2D eigenvalue weighted by molar-refractivity contribution is -0.144. The van der Waals surface area contributed by atoms with E-state index in [0.29, 0.717) is 25.4 Å². The molecular weight excluding hydrogens is 638 g/mol. The third-order valence-electron chi connectivity index (χ3n) is 10.7. The van der Waals surface area contributed by atoms with Gasteiger partial charge in [0.25, 0.3) is 0 Å². The second kappa shape index (κ2) is 16.4. The highest BCUT2D eigenvalue weighted by Crippen LogP contribution is 2.42. The van der Waals surface area contributed by atoms with Crippen molar-refractivity contribution in [2.45, 2.75) is 106 Å². The minimum Gasteiger partial charge on any atom is -0.465 e. The molecule has 5 rings (SSSR count). The highest BCUT2D eigenvalue weighted by atomic mass is 16.5. The number of nitrogens with zero attached hydrogens (tertiary/aromatic N) is 2.